The molecule has 3 N–H and O–H groups in total. The molecule has 1 amide bonds. The number of nitrogens with zero attached hydrogens (tertiary/aromatic N) is 1. The normalized spacial score (nSPS) is 10.4. The minimum atomic E-state index is -0.190. The van der Waals surface area contributed by atoms with Crippen LogP contribution in [0.4, 0.5) is 5.69 Å². The van der Waals surface area contributed by atoms with Gasteiger partial charge in [-0.25, -0.2) is 0 Å². The summed E-state index contributed by atoms with van der Waals surface area (Å²) in [6, 6.07) is 13.3. The van der Waals surface area contributed by atoms with E-state index in [1.54, 1.807) is 25.2 Å². The molecule has 0 aliphatic rings. The third-order valence-corrected chi connectivity index (χ3v) is 4.08. The summed E-state index contributed by atoms with van der Waals surface area (Å²) in [4.78, 5) is 16.4. The van der Waals surface area contributed by atoms with Gasteiger partial charge in [-0.15, -0.1) is 30.4 Å². The number of ether oxygens (including phenoxy) is 1. The van der Waals surface area contributed by atoms with Gasteiger partial charge in [-0.2, -0.15) is 0 Å². The summed E-state index contributed by atoms with van der Waals surface area (Å²) < 4.78 is 5.84. The Balaban J connectivity index is 0.00000450. The maximum absolute atomic E-state index is 12.2. The second-order valence-electron chi connectivity index (χ2n) is 6.51. The average Bonchev–Trinajstić information content (AvgIpc) is 2.73. The number of amides is 1. The molecule has 7 heteroatoms. The molecule has 0 atom stereocenters. The van der Waals surface area contributed by atoms with Crippen LogP contribution in [0.15, 0.2) is 47.5 Å². The highest BCUT2D eigenvalue weighted by Gasteiger charge is 2.08. The molecule has 2 aromatic carbocycles. The lowest BCUT2D eigenvalue weighted by molar-refractivity contribution is -0.115. The number of hydrogen-bond acceptors (Lipinski definition) is 3. The van der Waals surface area contributed by atoms with Crippen LogP contribution in [-0.2, 0) is 11.3 Å². The second-order valence-corrected chi connectivity index (χ2v) is 6.51. The Hall–Kier alpha value is -2.73. The van der Waals surface area contributed by atoms with Crippen LogP contribution in [0.3, 0.4) is 0 Å². The summed E-state index contributed by atoms with van der Waals surface area (Å²) >= 11 is 0. The van der Waals surface area contributed by atoms with E-state index < -0.39 is 0 Å². The maximum atomic E-state index is 12.2. The van der Waals surface area contributed by atoms with E-state index in [4.69, 9.17) is 11.2 Å². The van der Waals surface area contributed by atoms with E-state index >= 15 is 0 Å². The van der Waals surface area contributed by atoms with Crippen molar-refractivity contribution in [3.05, 3.63) is 59.2 Å². The largest absolute Gasteiger partial charge is 0.493 e. The number of rotatable bonds is 8. The van der Waals surface area contributed by atoms with Gasteiger partial charge < -0.3 is 20.7 Å². The first kappa shape index (κ1) is 25.3. The van der Waals surface area contributed by atoms with E-state index in [1.165, 1.54) is 0 Å². The number of guanidine groups is 1. The van der Waals surface area contributed by atoms with Gasteiger partial charge >= 0.3 is 0 Å². The number of anilines is 1. The standard InChI is InChI=1S/C23H28N4O2.HI/c1-5-12-29-21-13-17(3)10-11-19(21)15-25-23(24-4)26-16-22(28)27-20-9-7-8-18(6-2)14-20;/h2,7-11,13-14H,5,12,15-16H2,1,3-4H3,(H,27,28)(H2,24,25,26);1H. The van der Waals surface area contributed by atoms with E-state index in [-0.39, 0.29) is 36.4 Å². The topological polar surface area (TPSA) is 74.8 Å². The fourth-order valence-electron chi connectivity index (χ4n) is 2.61. The van der Waals surface area contributed by atoms with Gasteiger partial charge in [-0.1, -0.05) is 31.0 Å². The predicted molar refractivity (Wildman–Crippen MR) is 134 cm³/mol. The highest BCUT2D eigenvalue weighted by molar-refractivity contribution is 14.0. The number of hydrogen-bond donors (Lipinski definition) is 3. The molecule has 2 rings (SSSR count). The minimum absolute atomic E-state index is 0. The van der Waals surface area contributed by atoms with Crippen LogP contribution in [0.25, 0.3) is 0 Å². The van der Waals surface area contributed by atoms with Crippen LogP contribution in [0.2, 0.25) is 0 Å². The quantitative estimate of drug-likeness (QED) is 0.215. The second kappa shape index (κ2) is 13.5. The van der Waals surface area contributed by atoms with Crippen molar-refractivity contribution in [3.63, 3.8) is 0 Å². The van der Waals surface area contributed by atoms with E-state index in [9.17, 15) is 4.79 Å². The first-order chi connectivity index (χ1) is 14.0. The van der Waals surface area contributed by atoms with Crippen molar-refractivity contribution in [2.75, 3.05) is 25.5 Å². The molecule has 0 unspecified atom stereocenters. The molecule has 30 heavy (non-hydrogen) atoms. The molecule has 160 valence electrons. The van der Waals surface area contributed by atoms with Crippen molar-refractivity contribution in [1.82, 2.24) is 10.6 Å². The molecule has 0 saturated carbocycles. The minimum Gasteiger partial charge on any atom is -0.493 e. The van der Waals surface area contributed by atoms with Gasteiger partial charge in [0.05, 0.1) is 13.2 Å². The molecule has 0 spiro atoms. The Morgan fingerprint density at radius 1 is 1.20 bits per heavy atom. The summed E-state index contributed by atoms with van der Waals surface area (Å²) in [6.45, 7) is 5.39. The van der Waals surface area contributed by atoms with Crippen LogP contribution >= 0.6 is 24.0 Å². The number of terminal acetylenes is 1. The van der Waals surface area contributed by atoms with Gasteiger partial charge in [-0.3, -0.25) is 9.79 Å². The molecule has 0 fully saturated rings. The van der Waals surface area contributed by atoms with Crippen LogP contribution in [0.1, 0.15) is 30.0 Å². The molecule has 0 aromatic heterocycles. The highest BCUT2D eigenvalue weighted by Crippen LogP contribution is 2.20. The van der Waals surface area contributed by atoms with Crippen molar-refractivity contribution in [1.29, 1.82) is 0 Å². The summed E-state index contributed by atoms with van der Waals surface area (Å²) in [5.41, 5.74) is 3.55. The number of halogens is 1. The lowest BCUT2D eigenvalue weighted by atomic mass is 10.1. The maximum Gasteiger partial charge on any atom is 0.243 e. The van der Waals surface area contributed by atoms with Crippen LogP contribution in [0.5, 0.6) is 5.75 Å². The molecular formula is C23H29IN4O2. The molecular weight excluding hydrogens is 491 g/mol. The Kier molecular flexibility index (Phi) is 11.4. The van der Waals surface area contributed by atoms with Gasteiger partial charge in [0.2, 0.25) is 5.91 Å². The van der Waals surface area contributed by atoms with E-state index in [1.807, 2.05) is 31.2 Å². The van der Waals surface area contributed by atoms with Crippen molar-refractivity contribution < 1.29 is 9.53 Å². The van der Waals surface area contributed by atoms with E-state index in [0.717, 1.165) is 23.3 Å². The summed E-state index contributed by atoms with van der Waals surface area (Å²) in [5, 5.41) is 9.03. The van der Waals surface area contributed by atoms with Crippen LogP contribution < -0.4 is 20.7 Å². The molecule has 0 aliphatic carbocycles. The smallest absolute Gasteiger partial charge is 0.243 e. The molecule has 0 heterocycles. The van der Waals surface area contributed by atoms with Crippen molar-refractivity contribution in [2.24, 2.45) is 4.99 Å². The first-order valence-electron chi connectivity index (χ1n) is 9.59. The number of carbonyl (C=O) groups excluding carboxylic acids is 1. The average molecular weight is 520 g/mol. The molecule has 0 saturated heterocycles. The fourth-order valence-corrected chi connectivity index (χ4v) is 2.61. The van der Waals surface area contributed by atoms with Gasteiger partial charge in [0.25, 0.3) is 0 Å². The number of benzene rings is 2. The van der Waals surface area contributed by atoms with Gasteiger partial charge in [-0.05, 0) is 43.2 Å². The molecule has 0 radical (unpaired) electrons. The van der Waals surface area contributed by atoms with E-state index in [0.29, 0.717) is 30.4 Å². The van der Waals surface area contributed by atoms with E-state index in [2.05, 4.69) is 33.8 Å². The van der Waals surface area contributed by atoms with Crippen LogP contribution in [0, 0.1) is 19.3 Å². The third kappa shape index (κ3) is 8.33. The Bertz CT molecular complexity index is 906. The predicted octanol–water partition coefficient (Wildman–Crippen LogP) is 3.69. The zero-order valence-corrected chi connectivity index (χ0v) is 19.9. The number of carbonyl (C=O) groups is 1. The highest BCUT2D eigenvalue weighted by atomic mass is 127. The number of aliphatic imine (C=N–C) groups is 1. The van der Waals surface area contributed by atoms with Gasteiger partial charge in [0, 0.05) is 30.4 Å². The Morgan fingerprint density at radius 3 is 2.70 bits per heavy atom. The third-order valence-electron chi connectivity index (χ3n) is 4.08. The van der Waals surface area contributed by atoms with Crippen molar-refractivity contribution in [2.45, 2.75) is 26.8 Å². The summed E-state index contributed by atoms with van der Waals surface area (Å²) in [6.07, 6.45) is 6.33. The number of nitrogens with one attached hydrogen (secondary N) is 3. The van der Waals surface area contributed by atoms with Crippen molar-refractivity contribution >= 4 is 41.5 Å². The molecule has 0 aliphatic heterocycles. The molecule has 0 bridgehead atoms. The van der Waals surface area contributed by atoms with Gasteiger partial charge in [0.1, 0.15) is 5.75 Å². The lowest BCUT2D eigenvalue weighted by Crippen LogP contribution is -2.41. The lowest BCUT2D eigenvalue weighted by Gasteiger charge is -2.15. The zero-order chi connectivity index (χ0) is 21.1. The van der Waals surface area contributed by atoms with Gasteiger partial charge in [0.15, 0.2) is 5.96 Å². The molecule has 2 aromatic rings. The Labute approximate surface area is 195 Å². The number of aryl methyl sites for hydroxylation is 1. The summed E-state index contributed by atoms with van der Waals surface area (Å²) in [5.74, 6) is 3.75. The molecule has 6 nitrogen and oxygen atoms in total. The monoisotopic (exact) mass is 520 g/mol. The SMILES string of the molecule is C#Cc1cccc(NC(=O)CNC(=NC)NCc2ccc(C)cc2OCCC)c1.I. The first-order valence-corrected chi connectivity index (χ1v) is 9.59. The fraction of sp³-hybridized carbons (Fsp3) is 0.304. The van der Waals surface area contributed by atoms with Crippen LogP contribution in [-0.4, -0.2) is 32.1 Å². The van der Waals surface area contributed by atoms with Crippen molar-refractivity contribution in [3.8, 4) is 18.1 Å². The summed E-state index contributed by atoms with van der Waals surface area (Å²) in [7, 11) is 1.66. The zero-order valence-electron chi connectivity index (χ0n) is 17.6. The Morgan fingerprint density at radius 2 is 2.00 bits per heavy atom.